The van der Waals surface area contributed by atoms with Gasteiger partial charge in [-0.15, -0.1) is 0 Å². The first-order valence-corrected chi connectivity index (χ1v) is 6.44. The van der Waals surface area contributed by atoms with Gasteiger partial charge in [-0.05, 0) is 77.4 Å². The Bertz CT molecular complexity index is 170. The molecule has 88 valence electrons. The third kappa shape index (κ3) is 3.74. The lowest BCUT2D eigenvalue weighted by atomic mass is 9.97. The molecule has 0 aliphatic carbocycles. The third-order valence-electron chi connectivity index (χ3n) is 3.87. The van der Waals surface area contributed by atoms with Gasteiger partial charge in [-0.1, -0.05) is 0 Å². The molecule has 1 unspecified atom stereocenters. The molecule has 2 aliphatic heterocycles. The minimum atomic E-state index is 0.885. The van der Waals surface area contributed by atoms with Crippen LogP contribution < -0.4 is 10.6 Å². The van der Waals surface area contributed by atoms with Crippen LogP contribution in [0.3, 0.4) is 0 Å². The van der Waals surface area contributed by atoms with E-state index in [9.17, 15) is 0 Å². The van der Waals surface area contributed by atoms with Gasteiger partial charge in [-0.2, -0.15) is 0 Å². The Morgan fingerprint density at radius 1 is 1.13 bits per heavy atom. The maximum absolute atomic E-state index is 3.65. The summed E-state index contributed by atoms with van der Waals surface area (Å²) in [6.45, 7) is 7.49. The maximum atomic E-state index is 3.65. The maximum Gasteiger partial charge on any atom is -0.000779 e. The summed E-state index contributed by atoms with van der Waals surface area (Å²) in [6, 6.07) is 0. The number of nitrogens with zero attached hydrogens (tertiary/aromatic N) is 1. The molecule has 0 aromatic carbocycles. The van der Waals surface area contributed by atoms with Gasteiger partial charge >= 0.3 is 0 Å². The Morgan fingerprint density at radius 2 is 1.87 bits per heavy atom. The fraction of sp³-hybridized carbons (Fsp3) is 1.00. The molecular formula is C12H25N3. The first-order chi connectivity index (χ1) is 7.34. The van der Waals surface area contributed by atoms with Crippen molar-refractivity contribution in [1.29, 1.82) is 0 Å². The minimum Gasteiger partial charge on any atom is -0.316 e. The summed E-state index contributed by atoms with van der Waals surface area (Å²) in [6.07, 6.45) is 4.12. The molecule has 2 aliphatic rings. The van der Waals surface area contributed by atoms with Crippen LogP contribution >= 0.6 is 0 Å². The molecule has 2 fully saturated rings. The van der Waals surface area contributed by atoms with Crippen LogP contribution in [0.25, 0.3) is 0 Å². The van der Waals surface area contributed by atoms with Crippen molar-refractivity contribution in [2.45, 2.75) is 19.3 Å². The Hall–Kier alpha value is -0.120. The number of hydrogen-bond donors (Lipinski definition) is 2. The van der Waals surface area contributed by atoms with E-state index in [1.54, 1.807) is 0 Å². The van der Waals surface area contributed by atoms with E-state index in [-0.39, 0.29) is 0 Å². The van der Waals surface area contributed by atoms with Gasteiger partial charge in [0.25, 0.3) is 0 Å². The molecule has 0 saturated carbocycles. The summed E-state index contributed by atoms with van der Waals surface area (Å²) in [5, 5.41) is 7.07. The minimum absolute atomic E-state index is 0.885. The van der Waals surface area contributed by atoms with Gasteiger partial charge in [0.15, 0.2) is 0 Å². The first-order valence-electron chi connectivity index (χ1n) is 6.44. The Morgan fingerprint density at radius 3 is 2.53 bits per heavy atom. The number of nitrogens with one attached hydrogen (secondary N) is 2. The average molecular weight is 211 g/mol. The van der Waals surface area contributed by atoms with Crippen LogP contribution in [0.2, 0.25) is 0 Å². The highest BCUT2D eigenvalue weighted by molar-refractivity contribution is 4.76. The summed E-state index contributed by atoms with van der Waals surface area (Å²) in [5.41, 5.74) is 0. The highest BCUT2D eigenvalue weighted by Crippen LogP contribution is 2.15. The molecule has 3 nitrogen and oxygen atoms in total. The van der Waals surface area contributed by atoms with Gasteiger partial charge in [-0.3, -0.25) is 0 Å². The topological polar surface area (TPSA) is 27.3 Å². The van der Waals surface area contributed by atoms with Crippen LogP contribution in [0.15, 0.2) is 0 Å². The number of likely N-dealkylation sites (tertiary alicyclic amines) is 1. The Kier molecular flexibility index (Phi) is 4.42. The van der Waals surface area contributed by atoms with Gasteiger partial charge in [0, 0.05) is 0 Å². The molecule has 2 N–H and O–H groups in total. The molecule has 0 radical (unpaired) electrons. The lowest BCUT2D eigenvalue weighted by molar-refractivity contribution is 0.215. The quantitative estimate of drug-likeness (QED) is 0.710. The summed E-state index contributed by atoms with van der Waals surface area (Å²) >= 11 is 0. The van der Waals surface area contributed by atoms with Crippen molar-refractivity contribution < 1.29 is 0 Å². The molecule has 0 bridgehead atoms. The fourth-order valence-electron chi connectivity index (χ4n) is 2.65. The van der Waals surface area contributed by atoms with Gasteiger partial charge in [0.2, 0.25) is 0 Å². The SMILES string of the molecule is CN1CCC(CNCC2CCNC2)CC1. The van der Waals surface area contributed by atoms with Gasteiger partial charge in [0.05, 0.1) is 0 Å². The van der Waals surface area contributed by atoms with E-state index in [1.807, 2.05) is 0 Å². The molecule has 3 heteroatoms. The first kappa shape index (κ1) is 11.4. The predicted molar refractivity (Wildman–Crippen MR) is 64.1 cm³/mol. The molecule has 0 amide bonds. The highest BCUT2D eigenvalue weighted by Gasteiger charge is 2.17. The number of piperidine rings is 1. The largest absolute Gasteiger partial charge is 0.316 e. The van der Waals surface area contributed by atoms with Crippen LogP contribution in [0, 0.1) is 11.8 Å². The van der Waals surface area contributed by atoms with E-state index in [0.717, 1.165) is 11.8 Å². The summed E-state index contributed by atoms with van der Waals surface area (Å²) < 4.78 is 0. The molecule has 2 saturated heterocycles. The van der Waals surface area contributed by atoms with Crippen molar-refractivity contribution >= 4 is 0 Å². The second-order valence-corrected chi connectivity index (χ2v) is 5.26. The van der Waals surface area contributed by atoms with E-state index in [2.05, 4.69) is 22.6 Å². The van der Waals surface area contributed by atoms with Crippen molar-refractivity contribution in [2.24, 2.45) is 11.8 Å². The molecule has 2 heterocycles. The molecule has 1 atom stereocenters. The molecular weight excluding hydrogens is 186 g/mol. The smallest absolute Gasteiger partial charge is 0.000779 e. The highest BCUT2D eigenvalue weighted by atomic mass is 15.1. The zero-order valence-corrected chi connectivity index (χ0v) is 9.97. The average Bonchev–Trinajstić information content (AvgIpc) is 2.74. The van der Waals surface area contributed by atoms with Crippen molar-refractivity contribution in [3.8, 4) is 0 Å². The molecule has 15 heavy (non-hydrogen) atoms. The van der Waals surface area contributed by atoms with E-state index >= 15 is 0 Å². The Labute approximate surface area is 93.6 Å². The van der Waals surface area contributed by atoms with Crippen LogP contribution in [0.5, 0.6) is 0 Å². The molecule has 0 aromatic rings. The van der Waals surface area contributed by atoms with Crippen molar-refractivity contribution in [2.75, 3.05) is 46.3 Å². The van der Waals surface area contributed by atoms with Gasteiger partial charge in [-0.25, -0.2) is 0 Å². The number of rotatable bonds is 4. The lowest BCUT2D eigenvalue weighted by Gasteiger charge is -2.29. The number of hydrogen-bond acceptors (Lipinski definition) is 3. The second-order valence-electron chi connectivity index (χ2n) is 5.26. The molecule has 2 rings (SSSR count). The van der Waals surface area contributed by atoms with E-state index in [0.29, 0.717) is 0 Å². The van der Waals surface area contributed by atoms with E-state index in [1.165, 1.54) is 58.5 Å². The van der Waals surface area contributed by atoms with E-state index < -0.39 is 0 Å². The Balaban J connectivity index is 1.53. The van der Waals surface area contributed by atoms with Crippen LogP contribution in [-0.2, 0) is 0 Å². The monoisotopic (exact) mass is 211 g/mol. The summed E-state index contributed by atoms with van der Waals surface area (Å²) in [7, 11) is 2.23. The molecule has 0 aromatic heterocycles. The van der Waals surface area contributed by atoms with Crippen LogP contribution in [-0.4, -0.2) is 51.2 Å². The summed E-state index contributed by atoms with van der Waals surface area (Å²) in [4.78, 5) is 2.44. The lowest BCUT2D eigenvalue weighted by Crippen LogP contribution is -2.36. The van der Waals surface area contributed by atoms with Crippen molar-refractivity contribution in [3.63, 3.8) is 0 Å². The zero-order valence-electron chi connectivity index (χ0n) is 9.97. The van der Waals surface area contributed by atoms with Gasteiger partial charge < -0.3 is 15.5 Å². The standard InChI is InChI=1S/C12H25N3/c1-15-6-3-11(4-7-15)8-14-10-12-2-5-13-9-12/h11-14H,2-10H2,1H3. The van der Waals surface area contributed by atoms with E-state index in [4.69, 9.17) is 0 Å². The fourth-order valence-corrected chi connectivity index (χ4v) is 2.65. The van der Waals surface area contributed by atoms with Crippen molar-refractivity contribution in [3.05, 3.63) is 0 Å². The van der Waals surface area contributed by atoms with Crippen LogP contribution in [0.4, 0.5) is 0 Å². The molecule has 0 spiro atoms. The second kappa shape index (κ2) is 5.83. The third-order valence-corrected chi connectivity index (χ3v) is 3.87. The predicted octanol–water partition coefficient (Wildman–Crippen LogP) is 0.527. The normalized spacial score (nSPS) is 29.8. The van der Waals surface area contributed by atoms with Gasteiger partial charge in [0.1, 0.15) is 0 Å². The van der Waals surface area contributed by atoms with Crippen LogP contribution in [0.1, 0.15) is 19.3 Å². The van der Waals surface area contributed by atoms with Crippen molar-refractivity contribution in [1.82, 2.24) is 15.5 Å². The summed E-state index contributed by atoms with van der Waals surface area (Å²) in [5.74, 6) is 1.81. The zero-order chi connectivity index (χ0) is 10.5.